The van der Waals surface area contributed by atoms with E-state index in [4.69, 9.17) is 5.26 Å². The lowest BCUT2D eigenvalue weighted by atomic mass is 10.1. The summed E-state index contributed by atoms with van der Waals surface area (Å²) in [4.78, 5) is 13.7. The number of carbonyl (C=O) groups is 1. The molecule has 0 spiro atoms. The highest BCUT2D eigenvalue weighted by molar-refractivity contribution is 5.95. The quantitative estimate of drug-likeness (QED) is 0.850. The molecule has 22 heavy (non-hydrogen) atoms. The van der Waals surface area contributed by atoms with Crippen molar-refractivity contribution >= 4 is 5.91 Å². The van der Waals surface area contributed by atoms with Gasteiger partial charge in [0.1, 0.15) is 0 Å². The number of benzene rings is 1. The number of halogens is 3. The number of hydrogen-bond donors (Lipinski definition) is 1. The molecule has 1 amide bonds. The van der Waals surface area contributed by atoms with Gasteiger partial charge in [-0.15, -0.1) is 0 Å². The summed E-state index contributed by atoms with van der Waals surface area (Å²) in [6.45, 7) is 1.83. The van der Waals surface area contributed by atoms with Crippen LogP contribution in [0.4, 0.5) is 13.2 Å². The van der Waals surface area contributed by atoms with E-state index in [1.807, 2.05) is 6.07 Å². The van der Waals surface area contributed by atoms with E-state index in [9.17, 15) is 23.1 Å². The maximum atomic E-state index is 13.9. The second-order valence-corrected chi connectivity index (χ2v) is 5.37. The highest BCUT2D eigenvalue weighted by atomic mass is 19.2. The highest BCUT2D eigenvalue weighted by Crippen LogP contribution is 2.36. The maximum Gasteiger partial charge on any atom is 0.257 e. The lowest BCUT2D eigenvalue weighted by molar-refractivity contribution is 0.0670. The third kappa shape index (κ3) is 3.01. The van der Waals surface area contributed by atoms with Crippen molar-refractivity contribution in [1.29, 1.82) is 5.26 Å². The Morgan fingerprint density at radius 2 is 2.09 bits per heavy atom. The van der Waals surface area contributed by atoms with Crippen molar-refractivity contribution in [3.8, 4) is 11.8 Å². The van der Waals surface area contributed by atoms with Crippen molar-refractivity contribution in [2.24, 2.45) is 5.92 Å². The van der Waals surface area contributed by atoms with Crippen LogP contribution in [0.1, 0.15) is 36.5 Å². The van der Waals surface area contributed by atoms with Crippen LogP contribution >= 0.6 is 0 Å². The highest BCUT2D eigenvalue weighted by Gasteiger charge is 2.36. The van der Waals surface area contributed by atoms with Gasteiger partial charge in [0.2, 0.25) is 5.82 Å². The van der Waals surface area contributed by atoms with Crippen LogP contribution in [0.15, 0.2) is 6.07 Å². The minimum Gasteiger partial charge on any atom is -0.503 e. The molecule has 118 valence electrons. The zero-order chi connectivity index (χ0) is 16.4. The predicted octanol–water partition coefficient (Wildman–Crippen LogP) is 2.96. The van der Waals surface area contributed by atoms with Crippen molar-refractivity contribution in [3.05, 3.63) is 29.1 Å². The van der Waals surface area contributed by atoms with Gasteiger partial charge in [-0.3, -0.25) is 4.79 Å². The summed E-state index contributed by atoms with van der Waals surface area (Å²) in [6.07, 6.45) is 1.88. The molecule has 0 saturated heterocycles. The van der Waals surface area contributed by atoms with E-state index in [1.54, 1.807) is 6.92 Å². The Hall–Kier alpha value is -2.23. The van der Waals surface area contributed by atoms with Crippen LogP contribution in [-0.4, -0.2) is 28.5 Å². The fourth-order valence-corrected chi connectivity index (χ4v) is 2.39. The van der Waals surface area contributed by atoms with Crippen LogP contribution in [0.3, 0.4) is 0 Å². The number of nitriles is 1. The first-order valence-electron chi connectivity index (χ1n) is 6.92. The van der Waals surface area contributed by atoms with Gasteiger partial charge in [-0.1, -0.05) is 0 Å². The molecule has 2 rings (SSSR count). The fraction of sp³-hybridized carbons (Fsp3) is 0.467. The SMILES string of the molecule is CC(C1CC1)N(CCC#N)C(=O)c1cc(F)c(F)c(O)c1F. The molecule has 0 aliphatic heterocycles. The Bertz CT molecular complexity index is 639. The zero-order valence-electron chi connectivity index (χ0n) is 11.9. The van der Waals surface area contributed by atoms with E-state index in [2.05, 4.69) is 0 Å². The Balaban J connectivity index is 2.36. The molecule has 1 fully saturated rings. The Morgan fingerprint density at radius 1 is 1.45 bits per heavy atom. The molecule has 1 aliphatic carbocycles. The molecule has 1 aromatic carbocycles. The smallest absolute Gasteiger partial charge is 0.257 e. The van der Waals surface area contributed by atoms with Crippen LogP contribution in [0.2, 0.25) is 0 Å². The number of rotatable bonds is 5. The van der Waals surface area contributed by atoms with Crippen molar-refractivity contribution in [1.82, 2.24) is 4.90 Å². The molecule has 0 radical (unpaired) electrons. The number of carbonyl (C=O) groups excluding carboxylic acids is 1. The van der Waals surface area contributed by atoms with Gasteiger partial charge in [0, 0.05) is 12.6 Å². The van der Waals surface area contributed by atoms with Gasteiger partial charge in [-0.2, -0.15) is 9.65 Å². The third-order valence-corrected chi connectivity index (χ3v) is 3.88. The van der Waals surface area contributed by atoms with Gasteiger partial charge in [-0.05, 0) is 31.7 Å². The summed E-state index contributed by atoms with van der Waals surface area (Å²) in [6, 6.07) is 2.09. The summed E-state index contributed by atoms with van der Waals surface area (Å²) >= 11 is 0. The van der Waals surface area contributed by atoms with Crippen LogP contribution in [0.25, 0.3) is 0 Å². The minimum atomic E-state index is -1.73. The molecule has 0 aromatic heterocycles. The van der Waals surface area contributed by atoms with Crippen molar-refractivity contribution in [3.63, 3.8) is 0 Å². The number of phenols is 1. The minimum absolute atomic E-state index is 0.0417. The monoisotopic (exact) mass is 312 g/mol. The van der Waals surface area contributed by atoms with Gasteiger partial charge < -0.3 is 10.0 Å². The van der Waals surface area contributed by atoms with Crippen molar-refractivity contribution in [2.45, 2.75) is 32.2 Å². The molecular formula is C15H15F3N2O2. The van der Waals surface area contributed by atoms with Crippen molar-refractivity contribution < 1.29 is 23.1 Å². The molecule has 7 heteroatoms. The van der Waals surface area contributed by atoms with E-state index in [0.29, 0.717) is 6.07 Å². The molecule has 1 aromatic rings. The topological polar surface area (TPSA) is 64.3 Å². The molecule has 4 nitrogen and oxygen atoms in total. The van der Waals surface area contributed by atoms with Gasteiger partial charge in [0.25, 0.3) is 5.91 Å². The second-order valence-electron chi connectivity index (χ2n) is 5.37. The van der Waals surface area contributed by atoms with Crippen molar-refractivity contribution in [2.75, 3.05) is 6.54 Å². The van der Waals surface area contributed by atoms with E-state index in [0.717, 1.165) is 12.8 Å². The first-order chi connectivity index (χ1) is 10.4. The van der Waals surface area contributed by atoms with Crippen LogP contribution in [0, 0.1) is 34.7 Å². The number of nitrogens with zero attached hydrogens (tertiary/aromatic N) is 2. The summed E-state index contributed by atoms with van der Waals surface area (Å²) in [5.74, 6) is -6.84. The van der Waals surface area contributed by atoms with Crippen LogP contribution in [-0.2, 0) is 0 Å². The first kappa shape index (κ1) is 16.1. The summed E-state index contributed by atoms with van der Waals surface area (Å²) in [5.41, 5.74) is -0.734. The molecule has 1 aliphatic rings. The molecule has 0 heterocycles. The number of hydrogen-bond acceptors (Lipinski definition) is 3. The maximum absolute atomic E-state index is 13.9. The molecule has 1 N–H and O–H groups in total. The largest absolute Gasteiger partial charge is 0.503 e. The third-order valence-electron chi connectivity index (χ3n) is 3.88. The fourth-order valence-electron chi connectivity index (χ4n) is 2.39. The average Bonchev–Trinajstić information content (AvgIpc) is 3.33. The lowest BCUT2D eigenvalue weighted by Crippen LogP contribution is -2.41. The summed E-state index contributed by atoms with van der Waals surface area (Å²) in [5, 5.41) is 17.9. The normalized spacial score (nSPS) is 15.2. The zero-order valence-corrected chi connectivity index (χ0v) is 11.9. The van der Waals surface area contributed by atoms with Gasteiger partial charge in [-0.25, -0.2) is 8.78 Å². The van der Waals surface area contributed by atoms with E-state index in [-0.39, 0.29) is 24.9 Å². The average molecular weight is 312 g/mol. The van der Waals surface area contributed by atoms with Gasteiger partial charge in [0.05, 0.1) is 18.1 Å². The number of phenolic OH excluding ortho intramolecular Hbond substituents is 1. The molecule has 0 bridgehead atoms. The van der Waals surface area contributed by atoms with Crippen LogP contribution < -0.4 is 0 Å². The molecule has 1 saturated carbocycles. The van der Waals surface area contributed by atoms with E-state index >= 15 is 0 Å². The second kappa shape index (κ2) is 6.26. The van der Waals surface area contributed by atoms with E-state index < -0.39 is 34.7 Å². The summed E-state index contributed by atoms with van der Waals surface area (Å²) in [7, 11) is 0. The Morgan fingerprint density at radius 3 is 2.64 bits per heavy atom. The first-order valence-corrected chi connectivity index (χ1v) is 6.92. The number of aromatic hydroxyl groups is 1. The van der Waals surface area contributed by atoms with E-state index in [1.165, 1.54) is 4.90 Å². The standard InChI is InChI=1S/C15H15F3N2O2/c1-8(9-3-4-9)20(6-2-5-19)15(22)10-7-11(16)13(18)14(21)12(10)17/h7-9,21H,2-4,6H2,1H3. The Labute approximate surface area is 125 Å². The molecule has 1 atom stereocenters. The molecule has 1 unspecified atom stereocenters. The Kier molecular flexibility index (Phi) is 4.59. The summed E-state index contributed by atoms with van der Waals surface area (Å²) < 4.78 is 40.3. The number of amides is 1. The molecular weight excluding hydrogens is 297 g/mol. The van der Waals surface area contributed by atoms with Gasteiger partial charge in [0.15, 0.2) is 17.4 Å². The van der Waals surface area contributed by atoms with Gasteiger partial charge >= 0.3 is 0 Å². The lowest BCUT2D eigenvalue weighted by Gasteiger charge is -2.29. The predicted molar refractivity (Wildman–Crippen MR) is 71.4 cm³/mol. The van der Waals surface area contributed by atoms with Crippen LogP contribution in [0.5, 0.6) is 5.75 Å².